The predicted molar refractivity (Wildman–Crippen MR) is 134 cm³/mol. The molecule has 1 N–H and O–H groups in total. The number of rotatable bonds is 18. The van der Waals surface area contributed by atoms with Crippen LogP contribution in [-0.4, -0.2) is 92.3 Å². The van der Waals surface area contributed by atoms with Gasteiger partial charge in [0.2, 0.25) is 11.7 Å². The van der Waals surface area contributed by atoms with Crippen LogP contribution in [0.2, 0.25) is 0 Å². The number of nitrogens with zero attached hydrogens (tertiary/aromatic N) is 4. The summed E-state index contributed by atoms with van der Waals surface area (Å²) in [5, 5.41) is 18.7. The van der Waals surface area contributed by atoms with Crippen LogP contribution in [0, 0.1) is 12.3 Å². The zero-order valence-electron chi connectivity index (χ0n) is 21.8. The molecule has 1 amide bonds. The van der Waals surface area contributed by atoms with Crippen molar-refractivity contribution < 1.29 is 28.5 Å². The third-order valence-electron chi connectivity index (χ3n) is 4.59. The highest BCUT2D eigenvalue weighted by Gasteiger charge is 2.11. The zero-order chi connectivity index (χ0) is 26.1. The Hall–Kier alpha value is -2.73. The number of ether oxygens (including phenoxy) is 5. The zero-order valence-corrected chi connectivity index (χ0v) is 21.8. The lowest BCUT2D eigenvalue weighted by atomic mass is 9.97. The molecule has 36 heavy (non-hydrogen) atoms. The summed E-state index contributed by atoms with van der Waals surface area (Å²) in [5.74, 6) is 1.75. The maximum absolute atomic E-state index is 11.7. The third-order valence-corrected chi connectivity index (χ3v) is 4.59. The predicted octanol–water partition coefficient (Wildman–Crippen LogP) is 2.24. The number of aromatic nitrogens is 4. The van der Waals surface area contributed by atoms with Crippen LogP contribution < -0.4 is 10.1 Å². The smallest absolute Gasteiger partial charge is 0.222 e. The quantitative estimate of drug-likeness (QED) is 0.301. The van der Waals surface area contributed by atoms with E-state index in [9.17, 15) is 4.79 Å². The molecular formula is C25H39N5O6. The van der Waals surface area contributed by atoms with Crippen molar-refractivity contribution in [1.29, 1.82) is 0 Å². The second-order valence-electron chi connectivity index (χ2n) is 9.18. The van der Waals surface area contributed by atoms with Gasteiger partial charge in [0.25, 0.3) is 0 Å². The van der Waals surface area contributed by atoms with Crippen LogP contribution in [0.25, 0.3) is 11.4 Å². The lowest BCUT2D eigenvalue weighted by molar-refractivity contribution is -0.122. The van der Waals surface area contributed by atoms with E-state index in [0.29, 0.717) is 84.1 Å². The van der Waals surface area contributed by atoms with Crippen molar-refractivity contribution in [2.75, 3.05) is 66.0 Å². The Kier molecular flexibility index (Phi) is 13.8. The molecule has 1 aromatic carbocycles. The highest BCUT2D eigenvalue weighted by Crippen LogP contribution is 2.18. The van der Waals surface area contributed by atoms with Crippen molar-refractivity contribution >= 4 is 5.91 Å². The molecule has 0 spiro atoms. The van der Waals surface area contributed by atoms with Gasteiger partial charge in [-0.25, -0.2) is 0 Å². The highest BCUT2D eigenvalue weighted by atomic mass is 16.6. The van der Waals surface area contributed by atoms with E-state index in [1.165, 1.54) is 0 Å². The van der Waals surface area contributed by atoms with E-state index >= 15 is 0 Å². The van der Waals surface area contributed by atoms with Crippen molar-refractivity contribution in [3.05, 3.63) is 30.1 Å². The van der Waals surface area contributed by atoms with Crippen molar-refractivity contribution in [3.8, 4) is 17.1 Å². The minimum absolute atomic E-state index is 0.00650. The van der Waals surface area contributed by atoms with Crippen molar-refractivity contribution in [3.63, 3.8) is 0 Å². The first-order chi connectivity index (χ1) is 17.3. The summed E-state index contributed by atoms with van der Waals surface area (Å²) in [4.78, 5) is 11.7. The van der Waals surface area contributed by atoms with Gasteiger partial charge in [-0.3, -0.25) is 4.79 Å². The van der Waals surface area contributed by atoms with Crippen LogP contribution in [0.1, 0.15) is 33.0 Å². The second kappa shape index (κ2) is 16.9. The average molecular weight is 506 g/mol. The summed E-state index contributed by atoms with van der Waals surface area (Å²) in [7, 11) is 0. The van der Waals surface area contributed by atoms with E-state index in [-0.39, 0.29) is 11.3 Å². The van der Waals surface area contributed by atoms with Gasteiger partial charge in [0.15, 0.2) is 5.82 Å². The number of carbonyl (C=O) groups is 1. The topological polar surface area (TPSA) is 127 Å². The minimum Gasteiger partial charge on any atom is -0.491 e. The molecule has 0 saturated carbocycles. The summed E-state index contributed by atoms with van der Waals surface area (Å²) >= 11 is 0. The lowest BCUT2D eigenvalue weighted by Crippen LogP contribution is -2.32. The molecule has 200 valence electrons. The van der Waals surface area contributed by atoms with Gasteiger partial charge in [0, 0.05) is 18.5 Å². The molecule has 0 aliphatic carbocycles. The number of hydrogen-bond donors (Lipinski definition) is 1. The Morgan fingerprint density at radius 3 is 1.78 bits per heavy atom. The second-order valence-corrected chi connectivity index (χ2v) is 9.18. The van der Waals surface area contributed by atoms with E-state index < -0.39 is 0 Å². The molecule has 0 radical (unpaired) electrons. The van der Waals surface area contributed by atoms with Gasteiger partial charge in [-0.15, -0.1) is 20.4 Å². The minimum atomic E-state index is 0.00650. The van der Waals surface area contributed by atoms with Crippen LogP contribution in [-0.2, 0) is 23.7 Å². The molecule has 11 heteroatoms. The van der Waals surface area contributed by atoms with Gasteiger partial charge in [0.05, 0.1) is 52.9 Å². The van der Waals surface area contributed by atoms with Crippen molar-refractivity contribution in [1.82, 2.24) is 25.7 Å². The molecule has 0 bridgehead atoms. The first kappa shape index (κ1) is 29.5. The number of carbonyl (C=O) groups excluding carboxylic acids is 1. The SMILES string of the molecule is Cc1nnc(-c2ccc(OCCOCCOCCOCCOCCC(=O)NCC(C)(C)C)cc2)nn1. The molecule has 2 aromatic rings. The highest BCUT2D eigenvalue weighted by molar-refractivity contribution is 5.75. The van der Waals surface area contributed by atoms with Crippen molar-refractivity contribution in [2.24, 2.45) is 5.41 Å². The van der Waals surface area contributed by atoms with Gasteiger partial charge in [0.1, 0.15) is 12.4 Å². The number of hydrogen-bond acceptors (Lipinski definition) is 10. The number of nitrogens with one attached hydrogen (secondary N) is 1. The number of aryl methyl sites for hydroxylation is 1. The van der Waals surface area contributed by atoms with Crippen LogP contribution in [0.3, 0.4) is 0 Å². The fraction of sp³-hybridized carbons (Fsp3) is 0.640. The Morgan fingerprint density at radius 2 is 1.25 bits per heavy atom. The Balaban J connectivity index is 1.35. The maximum atomic E-state index is 11.7. The molecule has 0 fully saturated rings. The Morgan fingerprint density at radius 1 is 0.750 bits per heavy atom. The van der Waals surface area contributed by atoms with Crippen molar-refractivity contribution in [2.45, 2.75) is 34.1 Å². The van der Waals surface area contributed by atoms with Crippen LogP contribution >= 0.6 is 0 Å². The molecule has 1 heterocycles. The molecule has 1 aromatic heterocycles. The number of benzene rings is 1. The van der Waals surface area contributed by atoms with E-state index in [1.54, 1.807) is 6.92 Å². The maximum Gasteiger partial charge on any atom is 0.222 e. The Bertz CT molecular complexity index is 859. The number of amides is 1. The summed E-state index contributed by atoms with van der Waals surface area (Å²) in [5.41, 5.74) is 0.903. The van der Waals surface area contributed by atoms with Gasteiger partial charge < -0.3 is 29.0 Å². The molecule has 11 nitrogen and oxygen atoms in total. The van der Waals surface area contributed by atoms with Crippen LogP contribution in [0.5, 0.6) is 5.75 Å². The van der Waals surface area contributed by atoms with Crippen LogP contribution in [0.15, 0.2) is 24.3 Å². The third kappa shape index (κ3) is 14.0. The van der Waals surface area contributed by atoms with E-state index in [4.69, 9.17) is 23.7 Å². The first-order valence-electron chi connectivity index (χ1n) is 12.2. The molecule has 0 unspecified atom stereocenters. The van der Waals surface area contributed by atoms with Gasteiger partial charge >= 0.3 is 0 Å². The summed E-state index contributed by atoms with van der Waals surface area (Å²) in [6.07, 6.45) is 0.357. The summed E-state index contributed by atoms with van der Waals surface area (Å²) in [6.45, 7) is 12.8. The van der Waals surface area contributed by atoms with E-state index in [2.05, 4.69) is 46.5 Å². The van der Waals surface area contributed by atoms with Gasteiger partial charge in [-0.05, 0) is 36.6 Å². The van der Waals surface area contributed by atoms with E-state index in [0.717, 1.165) is 11.3 Å². The molecule has 0 atom stereocenters. The summed E-state index contributed by atoms with van der Waals surface area (Å²) < 4.78 is 27.5. The Labute approximate surface area is 213 Å². The standard InChI is InChI=1S/C25H39N5O6/c1-20-27-29-24(30-28-20)21-5-7-22(8-6-21)36-18-17-35-16-15-34-14-13-33-12-11-32-10-9-23(31)26-19-25(2,3)4/h5-8H,9-19H2,1-4H3,(H,26,31). The molecular weight excluding hydrogens is 466 g/mol. The van der Waals surface area contributed by atoms with Gasteiger partial charge in [-0.2, -0.15) is 0 Å². The largest absolute Gasteiger partial charge is 0.491 e. The monoisotopic (exact) mass is 505 g/mol. The first-order valence-corrected chi connectivity index (χ1v) is 12.2. The lowest BCUT2D eigenvalue weighted by Gasteiger charge is -2.18. The molecule has 0 aliphatic rings. The molecule has 0 aliphatic heterocycles. The van der Waals surface area contributed by atoms with E-state index in [1.807, 2.05) is 24.3 Å². The normalized spacial score (nSPS) is 11.4. The van der Waals surface area contributed by atoms with Gasteiger partial charge in [-0.1, -0.05) is 20.8 Å². The fourth-order valence-corrected chi connectivity index (χ4v) is 2.69. The molecule has 2 rings (SSSR count). The molecule has 0 saturated heterocycles. The average Bonchev–Trinajstić information content (AvgIpc) is 2.85. The summed E-state index contributed by atoms with van der Waals surface area (Å²) in [6, 6.07) is 7.41. The fourth-order valence-electron chi connectivity index (χ4n) is 2.69. The van der Waals surface area contributed by atoms with Crippen LogP contribution in [0.4, 0.5) is 0 Å².